The topological polar surface area (TPSA) is 91.3 Å². The molecule has 9 nitrogen and oxygen atoms in total. The zero-order valence-electron chi connectivity index (χ0n) is 16.9. The van der Waals surface area contributed by atoms with Gasteiger partial charge < -0.3 is 29.3 Å². The normalized spacial score (nSPS) is 18.0. The third-order valence-corrected chi connectivity index (χ3v) is 5.82. The van der Waals surface area contributed by atoms with Crippen molar-refractivity contribution in [2.75, 3.05) is 58.5 Å². The van der Waals surface area contributed by atoms with E-state index < -0.39 is 0 Å². The maximum absolute atomic E-state index is 12.5. The van der Waals surface area contributed by atoms with Crippen LogP contribution >= 0.6 is 0 Å². The van der Waals surface area contributed by atoms with Crippen molar-refractivity contribution in [2.45, 2.75) is 18.9 Å². The fraction of sp³-hybridized carbons (Fsp3) is 0.550. The molecule has 2 saturated heterocycles. The quantitative estimate of drug-likeness (QED) is 0.781. The summed E-state index contributed by atoms with van der Waals surface area (Å²) in [6.45, 7) is 3.47. The van der Waals surface area contributed by atoms with Crippen LogP contribution in [0, 0.1) is 0 Å². The Hall–Kier alpha value is -2.81. The molecule has 156 valence electrons. The Balaban J connectivity index is 1.50. The first-order valence-corrected chi connectivity index (χ1v) is 9.94. The van der Waals surface area contributed by atoms with Crippen molar-refractivity contribution in [1.82, 2.24) is 19.8 Å². The Kier molecular flexibility index (Phi) is 5.57. The Bertz CT molecular complexity index is 885. The summed E-state index contributed by atoms with van der Waals surface area (Å²) in [5.41, 5.74) is 0.809. The number of carbonyl (C=O) groups is 1. The highest BCUT2D eigenvalue weighted by Gasteiger charge is 2.35. The van der Waals surface area contributed by atoms with Crippen LogP contribution in [0.3, 0.4) is 0 Å². The van der Waals surface area contributed by atoms with Gasteiger partial charge in [-0.2, -0.15) is 0 Å². The lowest BCUT2D eigenvalue weighted by molar-refractivity contribution is 0.160. The van der Waals surface area contributed by atoms with Gasteiger partial charge in [-0.05, 0) is 18.9 Å². The molecule has 3 heterocycles. The lowest BCUT2D eigenvalue weighted by Gasteiger charge is -2.37. The van der Waals surface area contributed by atoms with Crippen molar-refractivity contribution in [3.63, 3.8) is 0 Å². The SMILES string of the molecule is COc1cc2ncnc(N3CCC(N4CCN(CCO)C4=O)CC3)c2cc1OC. The van der Waals surface area contributed by atoms with E-state index in [1.54, 1.807) is 25.4 Å². The zero-order chi connectivity index (χ0) is 20.4. The van der Waals surface area contributed by atoms with Gasteiger partial charge in [-0.3, -0.25) is 0 Å². The first kappa shape index (κ1) is 19.5. The van der Waals surface area contributed by atoms with E-state index in [2.05, 4.69) is 14.9 Å². The molecule has 0 saturated carbocycles. The molecule has 0 radical (unpaired) electrons. The highest BCUT2D eigenvalue weighted by Crippen LogP contribution is 2.35. The Labute approximate surface area is 169 Å². The van der Waals surface area contributed by atoms with Gasteiger partial charge in [0.25, 0.3) is 0 Å². The maximum atomic E-state index is 12.5. The molecular weight excluding hydrogens is 374 g/mol. The molecule has 2 aliphatic heterocycles. The van der Waals surface area contributed by atoms with E-state index in [0.29, 0.717) is 24.6 Å². The smallest absolute Gasteiger partial charge is 0.320 e. The van der Waals surface area contributed by atoms with E-state index >= 15 is 0 Å². The number of anilines is 1. The fourth-order valence-corrected chi connectivity index (χ4v) is 4.28. The number of rotatable bonds is 6. The van der Waals surface area contributed by atoms with Gasteiger partial charge in [0.2, 0.25) is 0 Å². The van der Waals surface area contributed by atoms with Crippen LogP contribution in [0.15, 0.2) is 18.5 Å². The van der Waals surface area contributed by atoms with E-state index in [-0.39, 0.29) is 18.7 Å². The average Bonchev–Trinajstić information content (AvgIpc) is 3.13. The van der Waals surface area contributed by atoms with Gasteiger partial charge in [-0.1, -0.05) is 0 Å². The second kappa shape index (κ2) is 8.28. The highest BCUT2D eigenvalue weighted by molar-refractivity contribution is 5.92. The molecule has 0 aliphatic carbocycles. The molecule has 2 fully saturated rings. The van der Waals surface area contributed by atoms with Crippen LogP contribution in [0.25, 0.3) is 10.9 Å². The van der Waals surface area contributed by atoms with Crippen LogP contribution in [-0.4, -0.2) is 90.5 Å². The largest absolute Gasteiger partial charge is 0.493 e. The highest BCUT2D eigenvalue weighted by atomic mass is 16.5. The molecule has 2 aliphatic rings. The summed E-state index contributed by atoms with van der Waals surface area (Å²) < 4.78 is 10.8. The minimum Gasteiger partial charge on any atom is -0.493 e. The van der Waals surface area contributed by atoms with Crippen LogP contribution in [0.4, 0.5) is 10.6 Å². The first-order chi connectivity index (χ1) is 14.2. The third-order valence-electron chi connectivity index (χ3n) is 5.82. The molecule has 2 aromatic rings. The summed E-state index contributed by atoms with van der Waals surface area (Å²) in [5, 5.41) is 10.0. The summed E-state index contributed by atoms with van der Waals surface area (Å²) in [4.78, 5) is 27.4. The number of aromatic nitrogens is 2. The van der Waals surface area contributed by atoms with Crippen LogP contribution in [0.1, 0.15) is 12.8 Å². The number of urea groups is 1. The molecule has 29 heavy (non-hydrogen) atoms. The molecule has 9 heteroatoms. The van der Waals surface area contributed by atoms with Gasteiger partial charge >= 0.3 is 6.03 Å². The summed E-state index contributed by atoms with van der Waals surface area (Å²) >= 11 is 0. The molecule has 0 spiro atoms. The number of aliphatic hydroxyl groups is 1. The van der Waals surface area contributed by atoms with Gasteiger partial charge in [0.15, 0.2) is 11.5 Å². The number of ether oxygens (including phenoxy) is 2. The zero-order valence-corrected chi connectivity index (χ0v) is 16.9. The van der Waals surface area contributed by atoms with Gasteiger partial charge in [0.1, 0.15) is 12.1 Å². The Morgan fingerprint density at radius 3 is 2.48 bits per heavy atom. The van der Waals surface area contributed by atoms with Crippen LogP contribution in [0.2, 0.25) is 0 Å². The monoisotopic (exact) mass is 401 g/mol. The Morgan fingerprint density at radius 1 is 1.07 bits per heavy atom. The number of fused-ring (bicyclic) bond motifs is 1. The van der Waals surface area contributed by atoms with E-state index in [1.807, 2.05) is 17.0 Å². The standard InChI is InChI=1S/C20H27N5O4/c1-28-17-11-15-16(12-18(17)29-2)21-13-22-19(15)23-5-3-14(4-6-23)25-8-7-24(9-10-26)20(25)27/h11-14,26H,3-10H2,1-2H3. The number of methoxy groups -OCH3 is 2. The molecule has 1 aromatic heterocycles. The number of amides is 2. The molecular formula is C20H27N5O4. The number of hydrogen-bond donors (Lipinski definition) is 1. The van der Waals surface area contributed by atoms with E-state index in [0.717, 1.165) is 49.2 Å². The van der Waals surface area contributed by atoms with Crippen molar-refractivity contribution < 1.29 is 19.4 Å². The van der Waals surface area contributed by atoms with Crippen LogP contribution in [0.5, 0.6) is 11.5 Å². The van der Waals surface area contributed by atoms with Crippen molar-refractivity contribution in [3.8, 4) is 11.5 Å². The lowest BCUT2D eigenvalue weighted by atomic mass is 10.0. The molecule has 0 unspecified atom stereocenters. The minimum atomic E-state index is 0.00700. The first-order valence-electron chi connectivity index (χ1n) is 9.94. The predicted octanol–water partition coefficient (Wildman–Crippen LogP) is 1.35. The van der Waals surface area contributed by atoms with Gasteiger partial charge in [-0.15, -0.1) is 0 Å². The maximum Gasteiger partial charge on any atom is 0.320 e. The number of hydrogen-bond acceptors (Lipinski definition) is 7. The van der Waals surface area contributed by atoms with E-state index in [9.17, 15) is 4.79 Å². The third kappa shape index (κ3) is 3.62. The van der Waals surface area contributed by atoms with Crippen molar-refractivity contribution >= 4 is 22.8 Å². The van der Waals surface area contributed by atoms with Gasteiger partial charge in [0.05, 0.1) is 26.3 Å². The van der Waals surface area contributed by atoms with Crippen LogP contribution < -0.4 is 14.4 Å². The number of aliphatic hydroxyl groups excluding tert-OH is 1. The fourth-order valence-electron chi connectivity index (χ4n) is 4.28. The molecule has 2 amide bonds. The van der Waals surface area contributed by atoms with Crippen molar-refractivity contribution in [1.29, 1.82) is 0 Å². The number of nitrogens with zero attached hydrogens (tertiary/aromatic N) is 5. The molecule has 1 N–H and O–H groups in total. The second-order valence-electron chi connectivity index (χ2n) is 7.33. The molecule has 4 rings (SSSR count). The Morgan fingerprint density at radius 2 is 1.79 bits per heavy atom. The molecule has 1 aromatic carbocycles. The van der Waals surface area contributed by atoms with E-state index in [1.165, 1.54) is 0 Å². The summed E-state index contributed by atoms with van der Waals surface area (Å²) in [7, 11) is 3.23. The lowest BCUT2D eigenvalue weighted by Crippen LogP contribution is -2.47. The summed E-state index contributed by atoms with van der Waals surface area (Å²) in [6, 6.07) is 4.06. The van der Waals surface area contributed by atoms with Crippen molar-refractivity contribution in [3.05, 3.63) is 18.5 Å². The molecule has 0 bridgehead atoms. The van der Waals surface area contributed by atoms with E-state index in [4.69, 9.17) is 14.6 Å². The van der Waals surface area contributed by atoms with Gasteiger partial charge in [0, 0.05) is 50.2 Å². The number of carbonyl (C=O) groups excluding carboxylic acids is 1. The molecule has 0 atom stereocenters. The predicted molar refractivity (Wildman–Crippen MR) is 109 cm³/mol. The number of β-amino-alcohol motifs (C(OH)–C–C–N with tert-alkyl or cyclic N) is 1. The van der Waals surface area contributed by atoms with Gasteiger partial charge in [-0.25, -0.2) is 14.8 Å². The minimum absolute atomic E-state index is 0.00700. The average molecular weight is 401 g/mol. The van der Waals surface area contributed by atoms with Crippen molar-refractivity contribution in [2.24, 2.45) is 0 Å². The summed E-state index contributed by atoms with van der Waals surface area (Å²) in [5.74, 6) is 2.17. The van der Waals surface area contributed by atoms with Crippen LogP contribution in [-0.2, 0) is 0 Å². The number of piperidine rings is 1. The summed E-state index contributed by atoms with van der Waals surface area (Å²) in [6.07, 6.45) is 3.35. The second-order valence-corrected chi connectivity index (χ2v) is 7.33. The number of benzene rings is 1.